The van der Waals surface area contributed by atoms with Crippen LogP contribution in [0.1, 0.15) is 29.5 Å². The second-order valence-electron chi connectivity index (χ2n) is 8.40. The first-order valence-electron chi connectivity index (χ1n) is 11.6. The predicted molar refractivity (Wildman–Crippen MR) is 133 cm³/mol. The average Bonchev–Trinajstić information content (AvgIpc) is 2.88. The molecule has 0 aliphatic carbocycles. The summed E-state index contributed by atoms with van der Waals surface area (Å²) < 4.78 is 53.1. The number of benzene rings is 3. The zero-order valence-electron chi connectivity index (χ0n) is 20.2. The monoisotopic (exact) mass is 512 g/mol. The molecule has 0 aliphatic rings. The van der Waals surface area contributed by atoms with Crippen LogP contribution in [0.3, 0.4) is 0 Å². The summed E-state index contributed by atoms with van der Waals surface area (Å²) in [5.74, 6) is -2.00. The molecule has 0 bridgehead atoms. The SMILES string of the molecule is CO[C@](C(=O)O[C@H](CCc1ccccc1)CC(=O)/C=C/c1ccc(O)cc1)(c1ccccc1)C(F)(F)F. The van der Waals surface area contributed by atoms with E-state index >= 15 is 0 Å². The number of methoxy groups -OCH3 is 1. The molecule has 0 aliphatic heterocycles. The standard InChI is InChI=1S/C29H27F3O5/c1-36-28(29(30,31)32,23-10-6-3-7-11-23)27(35)37-26(19-15-21-8-4-2-5-9-21)20-25(34)18-14-22-12-16-24(33)17-13-22/h2-14,16-18,26,33H,15,19-20H2,1H3/b18-14+/t26-,28+/m1/s1. The first-order valence-corrected chi connectivity index (χ1v) is 11.6. The van der Waals surface area contributed by atoms with Crippen LogP contribution in [0, 0.1) is 0 Å². The highest BCUT2D eigenvalue weighted by molar-refractivity contribution is 5.94. The molecule has 3 aromatic carbocycles. The van der Waals surface area contributed by atoms with Gasteiger partial charge < -0.3 is 14.6 Å². The van der Waals surface area contributed by atoms with Crippen molar-refractivity contribution in [1.29, 1.82) is 0 Å². The fourth-order valence-corrected chi connectivity index (χ4v) is 3.86. The number of hydrogen-bond acceptors (Lipinski definition) is 5. The Morgan fingerprint density at radius 2 is 1.51 bits per heavy atom. The van der Waals surface area contributed by atoms with Crippen molar-refractivity contribution in [3.63, 3.8) is 0 Å². The topological polar surface area (TPSA) is 72.8 Å². The minimum absolute atomic E-state index is 0.0704. The van der Waals surface area contributed by atoms with E-state index in [1.54, 1.807) is 12.1 Å². The lowest BCUT2D eigenvalue weighted by atomic mass is 9.92. The third-order valence-electron chi connectivity index (χ3n) is 5.83. The lowest BCUT2D eigenvalue weighted by Gasteiger charge is -2.33. The van der Waals surface area contributed by atoms with Gasteiger partial charge in [0.1, 0.15) is 11.9 Å². The lowest BCUT2D eigenvalue weighted by Crippen LogP contribution is -2.52. The van der Waals surface area contributed by atoms with E-state index in [0.29, 0.717) is 12.0 Å². The van der Waals surface area contributed by atoms with Gasteiger partial charge in [0, 0.05) is 19.1 Å². The number of halogens is 3. The van der Waals surface area contributed by atoms with Crippen LogP contribution in [0.2, 0.25) is 0 Å². The van der Waals surface area contributed by atoms with E-state index < -0.39 is 35.2 Å². The molecule has 0 fully saturated rings. The highest BCUT2D eigenvalue weighted by Crippen LogP contribution is 2.43. The second kappa shape index (κ2) is 12.4. The molecule has 37 heavy (non-hydrogen) atoms. The molecule has 2 atom stereocenters. The Morgan fingerprint density at radius 3 is 2.08 bits per heavy atom. The number of allylic oxidation sites excluding steroid dienone is 1. The molecule has 194 valence electrons. The molecule has 0 saturated carbocycles. The van der Waals surface area contributed by atoms with E-state index in [-0.39, 0.29) is 18.6 Å². The van der Waals surface area contributed by atoms with Crippen molar-refractivity contribution in [3.05, 3.63) is 108 Å². The Balaban J connectivity index is 1.84. The summed E-state index contributed by atoms with van der Waals surface area (Å²) in [6, 6.07) is 21.8. The van der Waals surface area contributed by atoms with Gasteiger partial charge in [-0.2, -0.15) is 13.2 Å². The van der Waals surface area contributed by atoms with Crippen LogP contribution < -0.4 is 0 Å². The van der Waals surface area contributed by atoms with Gasteiger partial charge in [0.15, 0.2) is 5.78 Å². The Labute approximate surface area is 213 Å². The maximum absolute atomic E-state index is 14.3. The number of phenolic OH excluding ortho intramolecular Hbond substituents is 1. The largest absolute Gasteiger partial charge is 0.508 e. The molecular formula is C29H27F3O5. The van der Waals surface area contributed by atoms with Gasteiger partial charge in [-0.3, -0.25) is 4.79 Å². The van der Waals surface area contributed by atoms with Crippen molar-refractivity contribution in [2.24, 2.45) is 0 Å². The molecule has 3 aromatic rings. The van der Waals surface area contributed by atoms with Crippen LogP contribution in [-0.2, 0) is 31.1 Å². The Bertz CT molecular complexity index is 1190. The number of carbonyl (C=O) groups excluding carboxylic acids is 2. The van der Waals surface area contributed by atoms with Crippen LogP contribution >= 0.6 is 0 Å². The van der Waals surface area contributed by atoms with Gasteiger partial charge in [-0.25, -0.2) is 4.79 Å². The van der Waals surface area contributed by atoms with E-state index in [1.807, 2.05) is 30.3 Å². The summed E-state index contributed by atoms with van der Waals surface area (Å²) in [4.78, 5) is 25.8. The summed E-state index contributed by atoms with van der Waals surface area (Å²) in [5, 5.41) is 9.39. The van der Waals surface area contributed by atoms with E-state index in [2.05, 4.69) is 0 Å². The zero-order valence-corrected chi connectivity index (χ0v) is 20.2. The third kappa shape index (κ3) is 7.07. The third-order valence-corrected chi connectivity index (χ3v) is 5.83. The van der Waals surface area contributed by atoms with Crippen LogP contribution in [-0.4, -0.2) is 36.2 Å². The number of aryl methyl sites for hydroxylation is 1. The van der Waals surface area contributed by atoms with E-state index in [9.17, 15) is 27.9 Å². The number of ether oxygens (including phenoxy) is 2. The summed E-state index contributed by atoms with van der Waals surface area (Å²) in [7, 11) is 0.798. The summed E-state index contributed by atoms with van der Waals surface area (Å²) in [6.45, 7) is 0. The highest BCUT2D eigenvalue weighted by Gasteiger charge is 2.64. The fourth-order valence-electron chi connectivity index (χ4n) is 3.86. The van der Waals surface area contributed by atoms with Crippen molar-refractivity contribution >= 4 is 17.8 Å². The molecule has 0 unspecified atom stereocenters. The van der Waals surface area contributed by atoms with Crippen molar-refractivity contribution in [3.8, 4) is 5.75 Å². The van der Waals surface area contributed by atoms with Crippen LogP contribution in [0.25, 0.3) is 6.08 Å². The molecule has 3 rings (SSSR count). The predicted octanol–water partition coefficient (Wildman–Crippen LogP) is 6.01. The van der Waals surface area contributed by atoms with Crippen molar-refractivity contribution < 1.29 is 37.3 Å². The minimum atomic E-state index is -5.12. The van der Waals surface area contributed by atoms with Crippen LogP contribution in [0.15, 0.2) is 91.0 Å². The summed E-state index contributed by atoms with van der Waals surface area (Å²) in [5.41, 5.74) is -2.24. The normalized spacial score (nSPS) is 14.2. The maximum atomic E-state index is 14.3. The quantitative estimate of drug-likeness (QED) is 0.252. The molecule has 0 saturated heterocycles. The van der Waals surface area contributed by atoms with Gasteiger partial charge in [0.2, 0.25) is 0 Å². The molecule has 8 heteroatoms. The second-order valence-corrected chi connectivity index (χ2v) is 8.40. The number of ketones is 1. The number of rotatable bonds is 11. The van der Waals surface area contributed by atoms with Crippen molar-refractivity contribution in [2.75, 3.05) is 7.11 Å². The summed E-state index contributed by atoms with van der Waals surface area (Å²) in [6.07, 6.45) is -3.29. The molecule has 0 spiro atoms. The van der Waals surface area contributed by atoms with E-state index in [1.165, 1.54) is 42.5 Å². The number of hydrogen-bond donors (Lipinski definition) is 1. The zero-order chi connectivity index (χ0) is 26.9. The molecule has 0 radical (unpaired) electrons. The van der Waals surface area contributed by atoms with Crippen molar-refractivity contribution in [2.45, 2.75) is 37.1 Å². The molecule has 0 heterocycles. The first kappa shape index (κ1) is 27.7. The molecule has 0 aromatic heterocycles. The molecular weight excluding hydrogens is 485 g/mol. The number of carbonyl (C=O) groups is 2. The lowest BCUT2D eigenvalue weighted by molar-refractivity contribution is -0.278. The van der Waals surface area contributed by atoms with E-state index in [4.69, 9.17) is 9.47 Å². The van der Waals surface area contributed by atoms with Crippen molar-refractivity contribution in [1.82, 2.24) is 0 Å². The van der Waals surface area contributed by atoms with Gasteiger partial charge in [-0.15, -0.1) is 0 Å². The number of alkyl halides is 3. The molecule has 0 amide bonds. The Kier molecular flexibility index (Phi) is 9.25. The van der Waals surface area contributed by atoms with Gasteiger partial charge in [0.25, 0.3) is 5.60 Å². The Morgan fingerprint density at radius 1 is 0.919 bits per heavy atom. The van der Waals surface area contributed by atoms with Crippen LogP contribution in [0.5, 0.6) is 5.75 Å². The van der Waals surface area contributed by atoms with Crippen LogP contribution in [0.4, 0.5) is 13.2 Å². The number of phenols is 1. The van der Waals surface area contributed by atoms with Gasteiger partial charge in [0.05, 0.1) is 0 Å². The van der Waals surface area contributed by atoms with E-state index in [0.717, 1.165) is 24.8 Å². The van der Waals surface area contributed by atoms with Gasteiger partial charge >= 0.3 is 12.1 Å². The maximum Gasteiger partial charge on any atom is 0.432 e. The fraction of sp³-hybridized carbons (Fsp3) is 0.241. The average molecular weight is 513 g/mol. The minimum Gasteiger partial charge on any atom is -0.508 e. The smallest absolute Gasteiger partial charge is 0.432 e. The summed E-state index contributed by atoms with van der Waals surface area (Å²) >= 11 is 0. The van der Waals surface area contributed by atoms with Gasteiger partial charge in [-0.1, -0.05) is 78.9 Å². The molecule has 5 nitrogen and oxygen atoms in total. The highest BCUT2D eigenvalue weighted by atomic mass is 19.4. The first-order chi connectivity index (χ1) is 17.7. The van der Waals surface area contributed by atoms with Gasteiger partial charge in [-0.05, 0) is 42.2 Å². The number of aromatic hydroxyl groups is 1. The molecule has 1 N–H and O–H groups in total. The Hall–Kier alpha value is -3.91. The number of esters is 1.